The first-order valence-corrected chi connectivity index (χ1v) is 7.62. The van der Waals surface area contributed by atoms with Crippen LogP contribution >= 0.6 is 11.6 Å². The highest BCUT2D eigenvalue weighted by molar-refractivity contribution is 6.52. The summed E-state index contributed by atoms with van der Waals surface area (Å²) in [7, 11) is 0.784. The maximum absolute atomic E-state index is 5.92. The largest absolute Gasteiger partial charge is 0.131 e. The van der Waals surface area contributed by atoms with Gasteiger partial charge >= 0.3 is 0 Å². The number of allylic oxidation sites excluding steroid dienone is 1. The molecule has 2 radical (unpaired) electrons. The highest BCUT2D eigenvalue weighted by atomic mass is 35.5. The molecule has 1 unspecified atom stereocenters. The van der Waals surface area contributed by atoms with Crippen LogP contribution in [0, 0.1) is 0 Å². The fourth-order valence-electron chi connectivity index (χ4n) is 2.63. The standard InChI is InChI=1S/C15H13ClSi/c1-10-8-14-12-5-3-2-4-11(12)6-7-13(14)15(10)17-9-16/h2-8,15H,9H2,1H3. The van der Waals surface area contributed by atoms with Crippen molar-refractivity contribution >= 4 is 38.0 Å². The predicted molar refractivity (Wildman–Crippen MR) is 76.8 cm³/mol. The van der Waals surface area contributed by atoms with Gasteiger partial charge < -0.3 is 0 Å². The van der Waals surface area contributed by atoms with Crippen molar-refractivity contribution < 1.29 is 0 Å². The van der Waals surface area contributed by atoms with Crippen molar-refractivity contribution in [3.63, 3.8) is 0 Å². The molecule has 1 atom stereocenters. The molecular weight excluding hydrogens is 244 g/mol. The Kier molecular flexibility index (Phi) is 2.81. The molecule has 0 nitrogen and oxygen atoms in total. The smallest absolute Gasteiger partial charge is 0.0722 e. The number of rotatable bonds is 2. The van der Waals surface area contributed by atoms with E-state index in [4.69, 9.17) is 11.6 Å². The Balaban J connectivity index is 2.23. The monoisotopic (exact) mass is 256 g/mol. The fraction of sp³-hybridized carbons (Fsp3) is 0.200. The van der Waals surface area contributed by atoms with Gasteiger partial charge in [0.25, 0.3) is 0 Å². The van der Waals surface area contributed by atoms with Crippen LogP contribution in [0.3, 0.4) is 0 Å². The van der Waals surface area contributed by atoms with Crippen LogP contribution in [0.5, 0.6) is 0 Å². The van der Waals surface area contributed by atoms with E-state index in [9.17, 15) is 0 Å². The Labute approximate surface area is 109 Å². The number of fused-ring (bicyclic) bond motifs is 3. The summed E-state index contributed by atoms with van der Waals surface area (Å²) < 4.78 is 0. The Morgan fingerprint density at radius 1 is 1.18 bits per heavy atom. The van der Waals surface area contributed by atoms with Crippen molar-refractivity contribution in [1.82, 2.24) is 0 Å². The highest BCUT2D eigenvalue weighted by Crippen LogP contribution is 2.39. The van der Waals surface area contributed by atoms with Crippen LogP contribution in [0.2, 0.25) is 0 Å². The Morgan fingerprint density at radius 3 is 2.82 bits per heavy atom. The third-order valence-electron chi connectivity index (χ3n) is 3.42. The molecule has 2 aromatic carbocycles. The topological polar surface area (TPSA) is 0 Å². The molecule has 84 valence electrons. The molecular formula is C15H13ClSi. The number of alkyl halides is 1. The summed E-state index contributed by atoms with van der Waals surface area (Å²) in [4.78, 5) is 0. The minimum Gasteiger partial charge on any atom is -0.131 e. The second-order valence-electron chi connectivity index (χ2n) is 4.45. The first-order valence-electron chi connectivity index (χ1n) is 5.80. The molecule has 1 aliphatic carbocycles. The zero-order valence-electron chi connectivity index (χ0n) is 9.70. The molecule has 0 bridgehead atoms. The molecule has 0 spiro atoms. The van der Waals surface area contributed by atoms with E-state index in [0.29, 0.717) is 5.54 Å². The lowest BCUT2D eigenvalue weighted by molar-refractivity contribution is 1.13. The fourth-order valence-corrected chi connectivity index (χ4v) is 4.12. The highest BCUT2D eigenvalue weighted by Gasteiger charge is 2.23. The van der Waals surface area contributed by atoms with E-state index in [1.54, 1.807) is 0 Å². The molecule has 0 saturated heterocycles. The molecule has 3 rings (SSSR count). The first-order chi connectivity index (χ1) is 8.31. The van der Waals surface area contributed by atoms with Crippen molar-refractivity contribution in [3.05, 3.63) is 53.1 Å². The number of hydrogen-bond donors (Lipinski definition) is 0. The SMILES string of the molecule is CC1=Cc2c(ccc3ccccc23)C1[Si]CCl. The number of hydrogen-bond acceptors (Lipinski definition) is 0. The second-order valence-corrected chi connectivity index (χ2v) is 6.50. The molecule has 0 aliphatic heterocycles. The molecule has 17 heavy (non-hydrogen) atoms. The second kappa shape index (κ2) is 4.32. The van der Waals surface area contributed by atoms with Crippen LogP contribution in [-0.4, -0.2) is 15.0 Å². The van der Waals surface area contributed by atoms with Gasteiger partial charge in [-0.15, -0.1) is 11.6 Å². The average molecular weight is 257 g/mol. The van der Waals surface area contributed by atoms with Gasteiger partial charge in [0.1, 0.15) is 0 Å². The molecule has 0 fully saturated rings. The molecule has 0 heterocycles. The van der Waals surface area contributed by atoms with Crippen molar-refractivity contribution in [2.45, 2.75) is 12.5 Å². The van der Waals surface area contributed by atoms with E-state index in [1.807, 2.05) is 0 Å². The predicted octanol–water partition coefficient (Wildman–Crippen LogP) is 4.20. The lowest BCUT2D eigenvalue weighted by Gasteiger charge is -2.12. The van der Waals surface area contributed by atoms with Crippen molar-refractivity contribution in [3.8, 4) is 0 Å². The lowest BCUT2D eigenvalue weighted by atomic mass is 10.0. The normalized spacial score (nSPS) is 18.2. The van der Waals surface area contributed by atoms with Gasteiger partial charge in [-0.2, -0.15) is 0 Å². The summed E-state index contributed by atoms with van der Waals surface area (Å²) in [6, 6.07) is 13.1. The molecule has 0 N–H and O–H groups in total. The van der Waals surface area contributed by atoms with Gasteiger partial charge in [-0.25, -0.2) is 0 Å². The number of halogens is 1. The maximum atomic E-state index is 5.92. The first kappa shape index (κ1) is 11.1. The van der Waals surface area contributed by atoms with Gasteiger partial charge in [0.15, 0.2) is 0 Å². The van der Waals surface area contributed by atoms with E-state index in [-0.39, 0.29) is 0 Å². The van der Waals surface area contributed by atoms with Crippen LogP contribution in [0.1, 0.15) is 23.6 Å². The number of benzene rings is 2. The zero-order chi connectivity index (χ0) is 11.8. The van der Waals surface area contributed by atoms with Crippen molar-refractivity contribution in [2.24, 2.45) is 0 Å². The Morgan fingerprint density at radius 2 is 2.00 bits per heavy atom. The summed E-state index contributed by atoms with van der Waals surface area (Å²) >= 11 is 5.92. The van der Waals surface area contributed by atoms with Gasteiger partial charge in [0.05, 0.1) is 9.52 Å². The summed E-state index contributed by atoms with van der Waals surface area (Å²) in [5, 5.41) is 2.69. The molecule has 2 aromatic rings. The summed E-state index contributed by atoms with van der Waals surface area (Å²) in [6.07, 6.45) is 2.34. The van der Waals surface area contributed by atoms with Crippen LogP contribution in [0.4, 0.5) is 0 Å². The van der Waals surface area contributed by atoms with E-state index in [0.717, 1.165) is 15.0 Å². The molecule has 0 saturated carbocycles. The molecule has 0 aromatic heterocycles. The lowest BCUT2D eigenvalue weighted by Crippen LogP contribution is -2.08. The van der Waals surface area contributed by atoms with Crippen molar-refractivity contribution in [1.29, 1.82) is 0 Å². The van der Waals surface area contributed by atoms with Gasteiger partial charge in [-0.05, 0) is 34.4 Å². The minimum absolute atomic E-state index is 0.548. The Bertz CT molecular complexity index is 601. The third-order valence-corrected chi connectivity index (χ3v) is 5.22. The van der Waals surface area contributed by atoms with E-state index in [1.165, 1.54) is 27.5 Å². The zero-order valence-corrected chi connectivity index (χ0v) is 11.5. The summed E-state index contributed by atoms with van der Waals surface area (Å²) in [6.45, 7) is 2.22. The molecule has 2 heteroatoms. The van der Waals surface area contributed by atoms with Gasteiger partial charge in [-0.3, -0.25) is 0 Å². The van der Waals surface area contributed by atoms with Crippen LogP contribution in [0.25, 0.3) is 16.8 Å². The quantitative estimate of drug-likeness (QED) is 0.558. The summed E-state index contributed by atoms with van der Waals surface area (Å²) in [5.41, 5.74) is 5.62. The van der Waals surface area contributed by atoms with Crippen LogP contribution in [-0.2, 0) is 0 Å². The maximum Gasteiger partial charge on any atom is 0.0722 e. The third kappa shape index (κ3) is 1.74. The average Bonchev–Trinajstić information content (AvgIpc) is 2.67. The van der Waals surface area contributed by atoms with E-state index >= 15 is 0 Å². The van der Waals surface area contributed by atoms with Crippen LogP contribution < -0.4 is 0 Å². The summed E-state index contributed by atoms with van der Waals surface area (Å²) in [5.74, 6) is 0. The molecule has 0 amide bonds. The van der Waals surface area contributed by atoms with Crippen molar-refractivity contribution in [2.75, 3.05) is 5.50 Å². The van der Waals surface area contributed by atoms with E-state index < -0.39 is 0 Å². The minimum atomic E-state index is 0.548. The Hall–Kier alpha value is -1.05. The van der Waals surface area contributed by atoms with E-state index in [2.05, 4.69) is 49.4 Å². The van der Waals surface area contributed by atoms with Gasteiger partial charge in [-0.1, -0.05) is 48.0 Å². The van der Waals surface area contributed by atoms with Crippen LogP contribution in [0.15, 0.2) is 42.0 Å². The van der Waals surface area contributed by atoms with Gasteiger partial charge in [0.2, 0.25) is 0 Å². The molecule has 1 aliphatic rings. The van der Waals surface area contributed by atoms with Gasteiger partial charge in [0, 0.05) is 5.50 Å².